The lowest BCUT2D eigenvalue weighted by molar-refractivity contribution is 0.433. The van der Waals surface area contributed by atoms with Crippen molar-refractivity contribution in [1.82, 2.24) is 0 Å². The van der Waals surface area contributed by atoms with E-state index in [2.05, 4.69) is 13.8 Å². The highest BCUT2D eigenvalue weighted by Crippen LogP contribution is 2.25. The van der Waals surface area contributed by atoms with Gasteiger partial charge in [0.25, 0.3) is 0 Å². The zero-order chi connectivity index (χ0) is 10.1. The summed E-state index contributed by atoms with van der Waals surface area (Å²) in [5.41, 5.74) is 6.82. The van der Waals surface area contributed by atoms with Crippen molar-refractivity contribution in [2.24, 2.45) is 5.73 Å². The van der Waals surface area contributed by atoms with Crippen LogP contribution in [0.2, 0.25) is 0 Å². The molecule has 1 aromatic rings. The van der Waals surface area contributed by atoms with Crippen molar-refractivity contribution in [3.05, 3.63) is 35.6 Å². The van der Waals surface area contributed by atoms with E-state index in [-0.39, 0.29) is 17.3 Å². The van der Waals surface area contributed by atoms with Gasteiger partial charge in [-0.2, -0.15) is 0 Å². The van der Waals surface area contributed by atoms with Gasteiger partial charge in [-0.3, -0.25) is 0 Å². The highest BCUT2D eigenvalue weighted by Gasteiger charge is 2.24. The summed E-state index contributed by atoms with van der Waals surface area (Å²) < 4.78 is 12.6. The topological polar surface area (TPSA) is 26.0 Å². The van der Waals surface area contributed by atoms with Crippen LogP contribution in [0.25, 0.3) is 0 Å². The van der Waals surface area contributed by atoms with Gasteiger partial charge in [-0.25, -0.2) is 4.39 Å². The molecule has 2 heteroatoms. The Kier molecular flexibility index (Phi) is 2.71. The van der Waals surface area contributed by atoms with Crippen molar-refractivity contribution in [3.8, 4) is 0 Å². The van der Waals surface area contributed by atoms with Crippen LogP contribution < -0.4 is 5.73 Å². The molecule has 1 atom stereocenters. The van der Waals surface area contributed by atoms with Gasteiger partial charge < -0.3 is 5.73 Å². The van der Waals surface area contributed by atoms with Crippen LogP contribution in [0.4, 0.5) is 4.39 Å². The van der Waals surface area contributed by atoms with Gasteiger partial charge in [0.15, 0.2) is 0 Å². The zero-order valence-electron chi connectivity index (χ0n) is 8.34. The Morgan fingerprint density at radius 3 is 2.08 bits per heavy atom. The summed E-state index contributed by atoms with van der Waals surface area (Å²) in [4.78, 5) is 0. The van der Waals surface area contributed by atoms with Crippen LogP contribution in [-0.4, -0.2) is 6.04 Å². The van der Waals surface area contributed by atoms with Crippen LogP contribution in [0.15, 0.2) is 24.3 Å². The molecular formula is C11H16FN. The first-order chi connectivity index (χ1) is 5.94. The number of rotatable bonds is 2. The minimum absolute atomic E-state index is 0.0537. The van der Waals surface area contributed by atoms with E-state index in [0.29, 0.717) is 0 Å². The van der Waals surface area contributed by atoms with Gasteiger partial charge in [-0.15, -0.1) is 0 Å². The first-order valence-electron chi connectivity index (χ1n) is 4.46. The molecule has 0 aliphatic rings. The molecule has 0 aliphatic heterocycles. The molecule has 0 heterocycles. The molecule has 0 amide bonds. The van der Waals surface area contributed by atoms with Gasteiger partial charge in [-0.05, 0) is 24.6 Å². The lowest BCUT2D eigenvalue weighted by Crippen LogP contribution is -2.38. The van der Waals surface area contributed by atoms with Crippen LogP contribution in [0.5, 0.6) is 0 Å². The Balaban J connectivity index is 3.01. The van der Waals surface area contributed by atoms with Crippen LogP contribution in [-0.2, 0) is 5.41 Å². The molecule has 1 aromatic carbocycles. The Bertz CT molecular complexity index is 275. The first kappa shape index (κ1) is 10.2. The van der Waals surface area contributed by atoms with Crippen molar-refractivity contribution in [2.45, 2.75) is 32.2 Å². The molecular weight excluding hydrogens is 165 g/mol. The molecule has 0 aromatic heterocycles. The van der Waals surface area contributed by atoms with Crippen LogP contribution in [0.1, 0.15) is 26.3 Å². The molecule has 0 spiro atoms. The molecule has 0 saturated heterocycles. The summed E-state index contributed by atoms with van der Waals surface area (Å²) in [7, 11) is 0. The van der Waals surface area contributed by atoms with E-state index in [1.54, 1.807) is 12.1 Å². The molecule has 1 rings (SSSR count). The third kappa shape index (κ3) is 2.07. The highest BCUT2D eigenvalue weighted by atomic mass is 19.1. The van der Waals surface area contributed by atoms with Crippen LogP contribution >= 0.6 is 0 Å². The van der Waals surface area contributed by atoms with Crippen molar-refractivity contribution >= 4 is 0 Å². The second kappa shape index (κ2) is 3.46. The Labute approximate surface area is 78.8 Å². The second-order valence-corrected chi connectivity index (χ2v) is 4.02. The molecule has 13 heavy (non-hydrogen) atoms. The van der Waals surface area contributed by atoms with Gasteiger partial charge >= 0.3 is 0 Å². The Morgan fingerprint density at radius 1 is 1.23 bits per heavy atom. The van der Waals surface area contributed by atoms with E-state index in [1.807, 2.05) is 6.92 Å². The summed E-state index contributed by atoms with van der Waals surface area (Å²) >= 11 is 0. The van der Waals surface area contributed by atoms with Crippen molar-refractivity contribution in [3.63, 3.8) is 0 Å². The minimum Gasteiger partial charge on any atom is -0.327 e. The number of hydrogen-bond acceptors (Lipinski definition) is 1. The maximum atomic E-state index is 12.6. The fourth-order valence-electron chi connectivity index (χ4n) is 1.14. The third-order valence-electron chi connectivity index (χ3n) is 2.73. The lowest BCUT2D eigenvalue weighted by atomic mass is 9.79. The third-order valence-corrected chi connectivity index (χ3v) is 2.73. The largest absolute Gasteiger partial charge is 0.327 e. The second-order valence-electron chi connectivity index (χ2n) is 4.02. The number of nitrogens with two attached hydrogens (primary N) is 1. The molecule has 0 saturated carbocycles. The molecule has 2 N–H and O–H groups in total. The summed E-state index contributed by atoms with van der Waals surface area (Å²) in [5, 5.41) is 0. The minimum atomic E-state index is -0.204. The molecule has 0 aliphatic carbocycles. The predicted octanol–water partition coefficient (Wildman–Crippen LogP) is 2.45. The van der Waals surface area contributed by atoms with Crippen molar-refractivity contribution in [1.29, 1.82) is 0 Å². The van der Waals surface area contributed by atoms with Gasteiger partial charge in [0.2, 0.25) is 0 Å². The van der Waals surface area contributed by atoms with Gasteiger partial charge in [-0.1, -0.05) is 26.0 Å². The predicted molar refractivity (Wildman–Crippen MR) is 53.1 cm³/mol. The van der Waals surface area contributed by atoms with Gasteiger partial charge in [0, 0.05) is 11.5 Å². The average Bonchev–Trinajstić information content (AvgIpc) is 2.04. The molecule has 0 bridgehead atoms. The first-order valence-corrected chi connectivity index (χ1v) is 4.46. The smallest absolute Gasteiger partial charge is 0.123 e. The summed E-state index contributed by atoms with van der Waals surface area (Å²) in [5.74, 6) is -0.204. The normalized spacial score (nSPS) is 14.2. The molecule has 72 valence electrons. The van der Waals surface area contributed by atoms with E-state index in [4.69, 9.17) is 5.73 Å². The number of hydrogen-bond donors (Lipinski definition) is 1. The van der Waals surface area contributed by atoms with Crippen molar-refractivity contribution in [2.75, 3.05) is 0 Å². The molecule has 1 unspecified atom stereocenters. The van der Waals surface area contributed by atoms with E-state index >= 15 is 0 Å². The maximum Gasteiger partial charge on any atom is 0.123 e. The summed E-state index contributed by atoms with van der Waals surface area (Å²) in [6.45, 7) is 6.08. The van der Waals surface area contributed by atoms with Gasteiger partial charge in [0.1, 0.15) is 5.82 Å². The fraction of sp³-hybridized carbons (Fsp3) is 0.455. The SMILES string of the molecule is CC(N)C(C)(C)c1ccc(F)cc1. The monoisotopic (exact) mass is 181 g/mol. The van der Waals surface area contributed by atoms with Gasteiger partial charge in [0.05, 0.1) is 0 Å². The molecule has 0 radical (unpaired) electrons. The van der Waals surface area contributed by atoms with E-state index in [9.17, 15) is 4.39 Å². The Morgan fingerprint density at radius 2 is 1.69 bits per heavy atom. The van der Waals surface area contributed by atoms with Crippen LogP contribution in [0.3, 0.4) is 0 Å². The maximum absolute atomic E-state index is 12.6. The van der Waals surface area contributed by atoms with Crippen LogP contribution in [0, 0.1) is 5.82 Å². The highest BCUT2D eigenvalue weighted by molar-refractivity contribution is 5.25. The summed E-state index contributed by atoms with van der Waals surface area (Å²) in [6, 6.07) is 6.58. The number of benzene rings is 1. The standard InChI is InChI=1S/C11H16FN/c1-8(13)11(2,3)9-4-6-10(12)7-5-9/h4-8H,13H2,1-3H3. The Hall–Kier alpha value is -0.890. The van der Waals surface area contributed by atoms with E-state index in [1.165, 1.54) is 12.1 Å². The molecule has 1 nitrogen and oxygen atoms in total. The molecule has 0 fully saturated rings. The van der Waals surface area contributed by atoms with E-state index < -0.39 is 0 Å². The number of halogens is 1. The average molecular weight is 181 g/mol. The van der Waals surface area contributed by atoms with Crippen molar-refractivity contribution < 1.29 is 4.39 Å². The lowest BCUT2D eigenvalue weighted by Gasteiger charge is -2.29. The fourth-order valence-corrected chi connectivity index (χ4v) is 1.14. The quantitative estimate of drug-likeness (QED) is 0.745. The zero-order valence-corrected chi connectivity index (χ0v) is 8.34. The summed E-state index contributed by atoms with van der Waals surface area (Å²) in [6.07, 6.45) is 0. The van der Waals surface area contributed by atoms with E-state index in [0.717, 1.165) is 5.56 Å².